The maximum atomic E-state index is 13.0. The van der Waals surface area contributed by atoms with E-state index < -0.39 is 6.04 Å². The molecule has 1 aliphatic heterocycles. The van der Waals surface area contributed by atoms with Crippen molar-refractivity contribution in [1.29, 1.82) is 0 Å². The van der Waals surface area contributed by atoms with E-state index in [1.165, 1.54) is 29.2 Å². The molecule has 2 aromatic rings. The molecule has 2 N–H and O–H groups in total. The summed E-state index contributed by atoms with van der Waals surface area (Å²) in [5.41, 5.74) is 4.44. The summed E-state index contributed by atoms with van der Waals surface area (Å²) in [6, 6.07) is 8.74. The van der Waals surface area contributed by atoms with Crippen LogP contribution in [-0.4, -0.2) is 29.4 Å². The average Bonchev–Trinajstić information content (AvgIpc) is 3.10. The van der Waals surface area contributed by atoms with Gasteiger partial charge < -0.3 is 15.5 Å². The van der Waals surface area contributed by atoms with Gasteiger partial charge in [-0.3, -0.25) is 4.79 Å². The number of urea groups is 1. The third-order valence-corrected chi connectivity index (χ3v) is 4.84. The minimum atomic E-state index is -0.523. The predicted molar refractivity (Wildman–Crippen MR) is 104 cm³/mol. The zero-order valence-corrected chi connectivity index (χ0v) is 15.8. The van der Waals surface area contributed by atoms with Crippen LogP contribution in [-0.2, 0) is 4.79 Å². The van der Waals surface area contributed by atoms with E-state index in [-0.39, 0.29) is 17.8 Å². The molecule has 0 saturated carbocycles. The van der Waals surface area contributed by atoms with Crippen molar-refractivity contribution in [2.45, 2.75) is 39.7 Å². The van der Waals surface area contributed by atoms with Crippen LogP contribution in [0.4, 0.5) is 20.6 Å². The van der Waals surface area contributed by atoms with Gasteiger partial charge in [0.25, 0.3) is 0 Å². The number of hydrogen-bond donors (Lipinski definition) is 2. The van der Waals surface area contributed by atoms with Crippen LogP contribution < -0.4 is 10.6 Å². The van der Waals surface area contributed by atoms with Crippen LogP contribution in [0.2, 0.25) is 0 Å². The van der Waals surface area contributed by atoms with Crippen LogP contribution in [0.1, 0.15) is 29.5 Å². The highest BCUT2D eigenvalue weighted by atomic mass is 19.1. The normalized spacial score (nSPS) is 16.3. The fourth-order valence-electron chi connectivity index (χ4n) is 3.59. The molecule has 0 aliphatic carbocycles. The van der Waals surface area contributed by atoms with Crippen molar-refractivity contribution in [2.75, 3.05) is 17.2 Å². The Hall–Kier alpha value is -2.89. The summed E-state index contributed by atoms with van der Waals surface area (Å²) in [7, 11) is 0. The second-order valence-corrected chi connectivity index (χ2v) is 7.05. The molecule has 1 atom stereocenters. The summed E-state index contributed by atoms with van der Waals surface area (Å²) < 4.78 is 13.0. The molecule has 2 aromatic carbocycles. The number of amides is 3. The highest BCUT2D eigenvalue weighted by Crippen LogP contribution is 2.25. The molecule has 27 heavy (non-hydrogen) atoms. The smallest absolute Gasteiger partial charge is 0.322 e. The van der Waals surface area contributed by atoms with Crippen LogP contribution >= 0.6 is 0 Å². The van der Waals surface area contributed by atoms with Crippen molar-refractivity contribution in [1.82, 2.24) is 4.90 Å². The van der Waals surface area contributed by atoms with E-state index in [1.807, 2.05) is 32.9 Å². The van der Waals surface area contributed by atoms with Crippen LogP contribution in [0.5, 0.6) is 0 Å². The van der Waals surface area contributed by atoms with Crippen molar-refractivity contribution in [3.8, 4) is 0 Å². The third-order valence-electron chi connectivity index (χ3n) is 4.84. The standard InChI is InChI=1S/C21H24FN3O2/c1-13-11-14(2)19(15(3)12-13)24-20(26)18-5-4-10-25(18)21(27)23-17-8-6-16(22)7-9-17/h6-9,11-12,18H,4-5,10H2,1-3H3,(H,23,27)(H,24,26). The summed E-state index contributed by atoms with van der Waals surface area (Å²) >= 11 is 0. The number of benzene rings is 2. The number of anilines is 2. The number of nitrogens with zero attached hydrogens (tertiary/aromatic N) is 1. The molecule has 0 radical (unpaired) electrons. The molecule has 142 valence electrons. The number of likely N-dealkylation sites (tertiary alicyclic amines) is 1. The first-order chi connectivity index (χ1) is 12.8. The molecule has 0 spiro atoms. The van der Waals surface area contributed by atoms with Gasteiger partial charge >= 0.3 is 6.03 Å². The first kappa shape index (κ1) is 18.9. The largest absolute Gasteiger partial charge is 0.324 e. The number of hydrogen-bond acceptors (Lipinski definition) is 2. The highest BCUT2D eigenvalue weighted by molar-refractivity contribution is 6.00. The third kappa shape index (κ3) is 4.27. The molecule has 1 unspecified atom stereocenters. The number of rotatable bonds is 3. The Labute approximate surface area is 158 Å². The Kier molecular flexibility index (Phi) is 5.44. The Bertz CT molecular complexity index is 841. The molecular formula is C21H24FN3O2. The van der Waals surface area contributed by atoms with Crippen LogP contribution in [0.3, 0.4) is 0 Å². The minimum absolute atomic E-state index is 0.184. The first-order valence-corrected chi connectivity index (χ1v) is 9.07. The van der Waals surface area contributed by atoms with Crippen molar-refractivity contribution in [3.05, 3.63) is 58.9 Å². The fraction of sp³-hybridized carbons (Fsp3) is 0.333. The summed E-state index contributed by atoms with van der Waals surface area (Å²) in [4.78, 5) is 27.0. The van der Waals surface area contributed by atoms with E-state index in [2.05, 4.69) is 10.6 Å². The van der Waals surface area contributed by atoms with E-state index in [0.29, 0.717) is 18.7 Å². The van der Waals surface area contributed by atoms with E-state index in [4.69, 9.17) is 0 Å². The molecule has 1 aliphatic rings. The molecular weight excluding hydrogens is 345 g/mol. The zero-order valence-electron chi connectivity index (χ0n) is 15.8. The lowest BCUT2D eigenvalue weighted by Crippen LogP contribution is -2.45. The van der Waals surface area contributed by atoms with Gasteiger partial charge in [-0.2, -0.15) is 0 Å². The summed E-state index contributed by atoms with van der Waals surface area (Å²) in [6.45, 7) is 6.45. The second-order valence-electron chi connectivity index (χ2n) is 7.05. The molecule has 1 heterocycles. The fourth-order valence-corrected chi connectivity index (χ4v) is 3.59. The molecule has 1 saturated heterocycles. The minimum Gasteiger partial charge on any atom is -0.324 e. The average molecular weight is 369 g/mol. The summed E-state index contributed by atoms with van der Waals surface area (Å²) in [5.74, 6) is -0.549. The number of aryl methyl sites for hydroxylation is 3. The van der Waals surface area contributed by atoms with Crippen LogP contribution in [0, 0.1) is 26.6 Å². The van der Waals surface area contributed by atoms with Gasteiger partial charge in [0.1, 0.15) is 11.9 Å². The van der Waals surface area contributed by atoms with E-state index in [0.717, 1.165) is 28.8 Å². The van der Waals surface area contributed by atoms with E-state index >= 15 is 0 Å². The van der Waals surface area contributed by atoms with Crippen molar-refractivity contribution in [2.24, 2.45) is 0 Å². The first-order valence-electron chi connectivity index (χ1n) is 9.07. The Morgan fingerprint density at radius 3 is 2.30 bits per heavy atom. The Morgan fingerprint density at radius 2 is 1.67 bits per heavy atom. The van der Waals surface area contributed by atoms with Gasteiger partial charge in [0.15, 0.2) is 0 Å². The van der Waals surface area contributed by atoms with Crippen LogP contribution in [0.25, 0.3) is 0 Å². The Morgan fingerprint density at radius 1 is 1.04 bits per heavy atom. The lowest BCUT2D eigenvalue weighted by molar-refractivity contribution is -0.119. The molecule has 0 bridgehead atoms. The van der Waals surface area contributed by atoms with Crippen molar-refractivity contribution < 1.29 is 14.0 Å². The number of carbonyl (C=O) groups is 2. The molecule has 0 aromatic heterocycles. The summed E-state index contributed by atoms with van der Waals surface area (Å²) in [5, 5.41) is 5.72. The van der Waals surface area contributed by atoms with Gasteiger partial charge in [-0.25, -0.2) is 9.18 Å². The SMILES string of the molecule is Cc1cc(C)c(NC(=O)C2CCCN2C(=O)Nc2ccc(F)cc2)c(C)c1. The van der Waals surface area contributed by atoms with Gasteiger partial charge in [-0.05, 0) is 69.0 Å². The molecule has 6 heteroatoms. The number of nitrogens with one attached hydrogen (secondary N) is 2. The monoisotopic (exact) mass is 369 g/mol. The van der Waals surface area contributed by atoms with Gasteiger partial charge in [0, 0.05) is 17.9 Å². The topological polar surface area (TPSA) is 61.4 Å². The predicted octanol–water partition coefficient (Wildman–Crippen LogP) is 4.39. The van der Waals surface area contributed by atoms with Gasteiger partial charge in [0.05, 0.1) is 0 Å². The van der Waals surface area contributed by atoms with Gasteiger partial charge in [-0.1, -0.05) is 17.7 Å². The molecule has 3 rings (SSSR count). The number of carbonyl (C=O) groups excluding carboxylic acids is 2. The van der Waals surface area contributed by atoms with Gasteiger partial charge in [-0.15, -0.1) is 0 Å². The van der Waals surface area contributed by atoms with E-state index in [9.17, 15) is 14.0 Å². The van der Waals surface area contributed by atoms with Crippen molar-refractivity contribution in [3.63, 3.8) is 0 Å². The molecule has 1 fully saturated rings. The maximum absolute atomic E-state index is 13.0. The quantitative estimate of drug-likeness (QED) is 0.843. The molecule has 5 nitrogen and oxygen atoms in total. The van der Waals surface area contributed by atoms with Gasteiger partial charge in [0.2, 0.25) is 5.91 Å². The van der Waals surface area contributed by atoms with E-state index in [1.54, 1.807) is 0 Å². The zero-order chi connectivity index (χ0) is 19.6. The second kappa shape index (κ2) is 7.78. The number of halogens is 1. The van der Waals surface area contributed by atoms with Crippen LogP contribution in [0.15, 0.2) is 36.4 Å². The lowest BCUT2D eigenvalue weighted by atomic mass is 10.0. The maximum Gasteiger partial charge on any atom is 0.322 e. The highest BCUT2D eigenvalue weighted by Gasteiger charge is 2.34. The van der Waals surface area contributed by atoms with Crippen molar-refractivity contribution >= 4 is 23.3 Å². The summed E-state index contributed by atoms with van der Waals surface area (Å²) in [6.07, 6.45) is 1.38. The Balaban J connectivity index is 1.71. The molecule has 3 amide bonds. The lowest BCUT2D eigenvalue weighted by Gasteiger charge is -2.25.